The van der Waals surface area contributed by atoms with Crippen LogP contribution in [0.3, 0.4) is 0 Å². The highest BCUT2D eigenvalue weighted by Crippen LogP contribution is 2.31. The van der Waals surface area contributed by atoms with E-state index in [1.165, 1.54) is 16.7 Å². The lowest BCUT2D eigenvalue weighted by Gasteiger charge is -2.09. The first-order valence-corrected chi connectivity index (χ1v) is 5.12. The van der Waals surface area contributed by atoms with Crippen LogP contribution in [0.4, 0.5) is 0 Å². The highest BCUT2D eigenvalue weighted by atomic mass is 14.8. The maximum Gasteiger partial charge on any atom is 0.101 e. The van der Waals surface area contributed by atoms with Gasteiger partial charge in [0.05, 0.1) is 0 Å². The van der Waals surface area contributed by atoms with Gasteiger partial charge in [-0.2, -0.15) is 0 Å². The molecule has 1 atom stereocenters. The molecule has 0 aromatic heterocycles. The van der Waals surface area contributed by atoms with Gasteiger partial charge in [0.15, 0.2) is 0 Å². The Labute approximate surface area is 89.1 Å². The third-order valence-electron chi connectivity index (χ3n) is 2.77. The fourth-order valence-corrected chi connectivity index (χ4v) is 2.01. The molecule has 15 heavy (non-hydrogen) atoms. The smallest absolute Gasteiger partial charge is 0.101 e. The molecule has 1 heterocycles. The van der Waals surface area contributed by atoms with Crippen LogP contribution < -0.4 is 0 Å². The molecule has 1 nitrogen and oxygen atoms in total. The summed E-state index contributed by atoms with van der Waals surface area (Å²) in [4.78, 5) is 4.55. The number of nitrogens with zero attached hydrogens (tertiary/aromatic N) is 1. The minimum absolute atomic E-state index is 0.197. The monoisotopic (exact) mass is 193 g/mol. The second-order valence-electron chi connectivity index (χ2n) is 3.72. The molecule has 0 aliphatic carbocycles. The Morgan fingerprint density at radius 1 is 0.800 bits per heavy atom. The van der Waals surface area contributed by atoms with Crippen LogP contribution in [0.5, 0.6) is 0 Å². The highest BCUT2D eigenvalue weighted by Gasteiger charge is 2.18. The van der Waals surface area contributed by atoms with Gasteiger partial charge in [-0.3, -0.25) is 4.99 Å². The molecule has 1 aliphatic rings. The maximum atomic E-state index is 4.55. The summed E-state index contributed by atoms with van der Waals surface area (Å²) < 4.78 is 0. The molecule has 72 valence electrons. The molecular formula is C14H11N. The van der Waals surface area contributed by atoms with Gasteiger partial charge in [-0.25, -0.2) is 0 Å². The van der Waals surface area contributed by atoms with E-state index in [9.17, 15) is 0 Å². The third kappa shape index (κ3) is 1.37. The van der Waals surface area contributed by atoms with Gasteiger partial charge >= 0.3 is 0 Å². The Morgan fingerprint density at radius 2 is 1.53 bits per heavy atom. The summed E-state index contributed by atoms with van der Waals surface area (Å²) in [6.45, 7) is 0. The summed E-state index contributed by atoms with van der Waals surface area (Å²) in [5, 5.41) is 0. The normalized spacial score (nSPS) is 17.7. The molecule has 0 amide bonds. The van der Waals surface area contributed by atoms with E-state index >= 15 is 0 Å². The molecule has 0 saturated carbocycles. The van der Waals surface area contributed by atoms with Gasteiger partial charge in [-0.1, -0.05) is 54.6 Å². The van der Waals surface area contributed by atoms with Crippen molar-refractivity contribution in [3.8, 4) is 0 Å². The van der Waals surface area contributed by atoms with Gasteiger partial charge in [-0.15, -0.1) is 0 Å². The van der Waals surface area contributed by atoms with Crippen molar-refractivity contribution in [3.05, 3.63) is 71.3 Å². The van der Waals surface area contributed by atoms with Crippen LogP contribution >= 0.6 is 0 Å². The summed E-state index contributed by atoms with van der Waals surface area (Å²) in [6.07, 6.45) is 1.97. The molecule has 1 heteroatoms. The van der Waals surface area contributed by atoms with Crippen molar-refractivity contribution < 1.29 is 0 Å². The van der Waals surface area contributed by atoms with Gasteiger partial charge in [-0.05, 0) is 16.7 Å². The summed E-state index contributed by atoms with van der Waals surface area (Å²) >= 11 is 0. The van der Waals surface area contributed by atoms with E-state index < -0.39 is 0 Å². The predicted molar refractivity (Wildman–Crippen MR) is 62.3 cm³/mol. The van der Waals surface area contributed by atoms with Crippen molar-refractivity contribution in [2.45, 2.75) is 6.04 Å². The standard InChI is InChI=1S/C14H11N/c1-2-6-11(7-3-1)14-13-9-5-4-8-12(13)10-15-14/h1-10,14H. The first-order valence-electron chi connectivity index (χ1n) is 5.12. The van der Waals surface area contributed by atoms with Crippen molar-refractivity contribution in [2.75, 3.05) is 0 Å². The summed E-state index contributed by atoms with van der Waals surface area (Å²) in [5.41, 5.74) is 3.81. The van der Waals surface area contributed by atoms with Gasteiger partial charge < -0.3 is 0 Å². The van der Waals surface area contributed by atoms with E-state index in [1.807, 2.05) is 12.3 Å². The largest absolute Gasteiger partial charge is 0.280 e. The molecule has 0 spiro atoms. The third-order valence-corrected chi connectivity index (χ3v) is 2.77. The van der Waals surface area contributed by atoms with E-state index in [-0.39, 0.29) is 6.04 Å². The van der Waals surface area contributed by atoms with Gasteiger partial charge in [0, 0.05) is 6.21 Å². The van der Waals surface area contributed by atoms with Crippen LogP contribution in [0.15, 0.2) is 59.6 Å². The molecule has 2 aromatic rings. The molecule has 0 radical (unpaired) electrons. The predicted octanol–water partition coefficient (Wildman–Crippen LogP) is 3.21. The van der Waals surface area contributed by atoms with E-state index in [0.29, 0.717) is 0 Å². The van der Waals surface area contributed by atoms with Gasteiger partial charge in [0.1, 0.15) is 6.04 Å². The lowest BCUT2D eigenvalue weighted by Crippen LogP contribution is -1.94. The van der Waals surface area contributed by atoms with Crippen LogP contribution in [0.1, 0.15) is 22.7 Å². The Balaban J connectivity index is 2.09. The van der Waals surface area contributed by atoms with Crippen LogP contribution in [-0.2, 0) is 0 Å². The zero-order valence-corrected chi connectivity index (χ0v) is 8.30. The number of fused-ring (bicyclic) bond motifs is 1. The summed E-state index contributed by atoms with van der Waals surface area (Å²) in [5.74, 6) is 0. The quantitative estimate of drug-likeness (QED) is 0.659. The molecule has 1 unspecified atom stereocenters. The minimum Gasteiger partial charge on any atom is -0.280 e. The highest BCUT2D eigenvalue weighted by molar-refractivity contribution is 5.85. The van der Waals surface area contributed by atoms with Crippen LogP contribution in [0.25, 0.3) is 0 Å². The number of aliphatic imine (C=N–C) groups is 1. The second-order valence-corrected chi connectivity index (χ2v) is 3.72. The maximum absolute atomic E-state index is 4.55. The summed E-state index contributed by atoms with van der Waals surface area (Å²) in [7, 11) is 0. The minimum atomic E-state index is 0.197. The number of rotatable bonds is 1. The number of hydrogen-bond acceptors (Lipinski definition) is 1. The topological polar surface area (TPSA) is 12.4 Å². The van der Waals surface area contributed by atoms with Crippen LogP contribution in [0.2, 0.25) is 0 Å². The zero-order valence-electron chi connectivity index (χ0n) is 8.30. The molecule has 1 aliphatic heterocycles. The average Bonchev–Trinajstić information content (AvgIpc) is 2.74. The lowest BCUT2D eigenvalue weighted by molar-refractivity contribution is 0.899. The Bertz CT molecular complexity index is 500. The molecule has 0 fully saturated rings. The van der Waals surface area contributed by atoms with Crippen LogP contribution in [0, 0.1) is 0 Å². The van der Waals surface area contributed by atoms with E-state index in [1.54, 1.807) is 0 Å². The van der Waals surface area contributed by atoms with Crippen molar-refractivity contribution in [3.63, 3.8) is 0 Å². The Morgan fingerprint density at radius 3 is 2.40 bits per heavy atom. The van der Waals surface area contributed by atoms with E-state index in [0.717, 1.165) is 0 Å². The zero-order chi connectivity index (χ0) is 10.1. The average molecular weight is 193 g/mol. The molecule has 0 saturated heterocycles. The molecule has 3 rings (SSSR count). The molecule has 2 aromatic carbocycles. The Hall–Kier alpha value is -1.89. The van der Waals surface area contributed by atoms with Crippen molar-refractivity contribution in [1.82, 2.24) is 0 Å². The SMILES string of the molecule is C1=NC(c2ccccc2)c2ccccc21. The first kappa shape index (κ1) is 8.42. The van der Waals surface area contributed by atoms with Gasteiger partial charge in [0.2, 0.25) is 0 Å². The van der Waals surface area contributed by atoms with Crippen molar-refractivity contribution in [2.24, 2.45) is 4.99 Å². The fourth-order valence-electron chi connectivity index (χ4n) is 2.01. The second kappa shape index (κ2) is 3.35. The number of benzene rings is 2. The van der Waals surface area contributed by atoms with Crippen LogP contribution in [-0.4, -0.2) is 6.21 Å². The van der Waals surface area contributed by atoms with E-state index in [2.05, 4.69) is 53.5 Å². The van der Waals surface area contributed by atoms with Crippen molar-refractivity contribution >= 4 is 6.21 Å². The lowest BCUT2D eigenvalue weighted by atomic mass is 9.98. The molecular weight excluding hydrogens is 182 g/mol. The summed E-state index contributed by atoms with van der Waals surface area (Å²) in [6, 6.07) is 19.0. The van der Waals surface area contributed by atoms with Gasteiger partial charge in [0.25, 0.3) is 0 Å². The van der Waals surface area contributed by atoms with E-state index in [4.69, 9.17) is 0 Å². The molecule has 0 bridgehead atoms. The fraction of sp³-hybridized carbons (Fsp3) is 0.0714. The van der Waals surface area contributed by atoms with Crippen molar-refractivity contribution in [1.29, 1.82) is 0 Å². The Kier molecular flexibility index (Phi) is 1.88. The molecule has 0 N–H and O–H groups in total. The first-order chi connectivity index (χ1) is 7.45. The number of hydrogen-bond donors (Lipinski definition) is 0.